The summed E-state index contributed by atoms with van der Waals surface area (Å²) in [5.41, 5.74) is 0.636. The first-order chi connectivity index (χ1) is 12.5. The summed E-state index contributed by atoms with van der Waals surface area (Å²) in [4.78, 5) is 36.5. The number of carbonyl (C=O) groups excluding carboxylic acids is 2. The van der Waals surface area contributed by atoms with Crippen LogP contribution in [0, 0.1) is 21.4 Å². The fourth-order valence-electron chi connectivity index (χ4n) is 3.71. The molecule has 1 N–H and O–H groups in total. The molecular formula is C19H22N2O6. The fourth-order valence-corrected chi connectivity index (χ4v) is 3.71. The van der Waals surface area contributed by atoms with Crippen LogP contribution in [0.1, 0.15) is 33.3 Å². The van der Waals surface area contributed by atoms with Gasteiger partial charge < -0.3 is 9.84 Å². The molecule has 1 saturated heterocycles. The maximum Gasteiger partial charge on any atom is 0.355 e. The van der Waals surface area contributed by atoms with Crippen LogP contribution in [0.4, 0.5) is 5.69 Å². The van der Waals surface area contributed by atoms with Crippen molar-refractivity contribution in [2.24, 2.45) is 11.3 Å². The van der Waals surface area contributed by atoms with Crippen molar-refractivity contribution in [3.8, 4) is 0 Å². The molecule has 0 spiro atoms. The number of esters is 1. The van der Waals surface area contributed by atoms with Gasteiger partial charge in [0, 0.05) is 12.1 Å². The van der Waals surface area contributed by atoms with Crippen LogP contribution in [-0.4, -0.2) is 39.0 Å². The van der Waals surface area contributed by atoms with E-state index >= 15 is 0 Å². The standard InChI is InChI=1S/C19H22N2O6/c1-10-14-16(22)13(19(2,3)4)15(20(14)17(10)23)18(24)27-9-11-5-7-12(8-6-11)21(25)26/h5-8,10,14,16,22H,9H2,1-4H3. The van der Waals surface area contributed by atoms with E-state index in [1.807, 2.05) is 20.8 Å². The zero-order valence-corrected chi connectivity index (χ0v) is 15.6. The van der Waals surface area contributed by atoms with Gasteiger partial charge in [-0.25, -0.2) is 4.79 Å². The van der Waals surface area contributed by atoms with E-state index < -0.39 is 28.5 Å². The molecule has 27 heavy (non-hydrogen) atoms. The summed E-state index contributed by atoms with van der Waals surface area (Å²) in [5.74, 6) is -1.24. The number of rotatable bonds is 4. The molecule has 3 rings (SSSR count). The molecule has 0 bridgehead atoms. The maximum absolute atomic E-state index is 12.7. The van der Waals surface area contributed by atoms with Gasteiger partial charge in [0.15, 0.2) is 0 Å². The SMILES string of the molecule is CC1C(=O)N2C(C(=O)OCc3ccc([N+](=O)[O-])cc3)=C(C(C)(C)C)C(O)C12. The Morgan fingerprint density at radius 2 is 1.89 bits per heavy atom. The van der Waals surface area contributed by atoms with Crippen LogP contribution < -0.4 is 0 Å². The van der Waals surface area contributed by atoms with E-state index in [0.29, 0.717) is 11.1 Å². The van der Waals surface area contributed by atoms with E-state index in [-0.39, 0.29) is 29.8 Å². The van der Waals surface area contributed by atoms with Crippen molar-refractivity contribution in [3.63, 3.8) is 0 Å². The fraction of sp³-hybridized carbons (Fsp3) is 0.474. The van der Waals surface area contributed by atoms with Gasteiger partial charge in [0.2, 0.25) is 5.91 Å². The summed E-state index contributed by atoms with van der Waals surface area (Å²) in [6.45, 7) is 7.26. The number of nitrogens with zero attached hydrogens (tertiary/aromatic N) is 2. The van der Waals surface area contributed by atoms with Crippen molar-refractivity contribution in [1.82, 2.24) is 4.90 Å². The number of carbonyl (C=O) groups is 2. The number of hydrogen-bond acceptors (Lipinski definition) is 6. The Labute approximate surface area is 156 Å². The number of fused-ring (bicyclic) bond motifs is 1. The highest BCUT2D eigenvalue weighted by Gasteiger charge is 2.59. The molecule has 3 unspecified atom stereocenters. The Morgan fingerprint density at radius 1 is 1.30 bits per heavy atom. The van der Waals surface area contributed by atoms with Crippen LogP contribution in [-0.2, 0) is 20.9 Å². The normalized spacial score (nSPS) is 24.6. The zero-order chi connectivity index (χ0) is 20.1. The number of aliphatic hydroxyl groups is 1. The maximum atomic E-state index is 12.7. The van der Waals surface area contributed by atoms with Crippen LogP contribution >= 0.6 is 0 Å². The molecule has 1 aromatic rings. The second kappa shape index (κ2) is 6.45. The first-order valence-electron chi connectivity index (χ1n) is 8.70. The third-order valence-electron chi connectivity index (χ3n) is 5.07. The molecule has 1 aromatic carbocycles. The number of amides is 1. The second-order valence-corrected chi connectivity index (χ2v) is 7.94. The Morgan fingerprint density at radius 3 is 2.41 bits per heavy atom. The lowest BCUT2D eigenvalue weighted by atomic mass is 9.79. The molecule has 0 radical (unpaired) electrons. The molecule has 8 heteroatoms. The van der Waals surface area contributed by atoms with Gasteiger partial charge in [0.25, 0.3) is 5.69 Å². The topological polar surface area (TPSA) is 110 Å². The third kappa shape index (κ3) is 3.10. The largest absolute Gasteiger partial charge is 0.456 e. The summed E-state index contributed by atoms with van der Waals surface area (Å²) in [6.07, 6.45) is -0.903. The van der Waals surface area contributed by atoms with Crippen molar-refractivity contribution in [1.29, 1.82) is 0 Å². The van der Waals surface area contributed by atoms with Crippen LogP contribution in [0.2, 0.25) is 0 Å². The van der Waals surface area contributed by atoms with Gasteiger partial charge >= 0.3 is 5.97 Å². The Bertz CT molecular complexity index is 837. The molecule has 0 aromatic heterocycles. The number of nitro benzene ring substituents is 1. The van der Waals surface area contributed by atoms with Gasteiger partial charge in [-0.3, -0.25) is 19.8 Å². The zero-order valence-electron chi connectivity index (χ0n) is 15.6. The number of ether oxygens (including phenoxy) is 1. The summed E-state index contributed by atoms with van der Waals surface area (Å²) in [5, 5.41) is 21.4. The highest BCUT2D eigenvalue weighted by atomic mass is 16.6. The van der Waals surface area contributed by atoms with Crippen molar-refractivity contribution >= 4 is 17.6 Å². The lowest BCUT2D eigenvalue weighted by Crippen LogP contribution is -2.60. The molecule has 0 aliphatic carbocycles. The smallest absolute Gasteiger partial charge is 0.355 e. The quantitative estimate of drug-likeness (QED) is 0.374. The lowest BCUT2D eigenvalue weighted by Gasteiger charge is -2.43. The predicted octanol–water partition coefficient (Wildman–Crippen LogP) is 2.16. The molecule has 0 saturated carbocycles. The average molecular weight is 374 g/mol. The minimum Gasteiger partial charge on any atom is -0.456 e. The van der Waals surface area contributed by atoms with Crippen molar-refractivity contribution < 1.29 is 24.4 Å². The second-order valence-electron chi connectivity index (χ2n) is 7.94. The first-order valence-corrected chi connectivity index (χ1v) is 8.70. The summed E-state index contributed by atoms with van der Waals surface area (Å²) in [6, 6.07) is 5.24. The van der Waals surface area contributed by atoms with Crippen molar-refractivity contribution in [3.05, 3.63) is 51.2 Å². The minimum absolute atomic E-state index is 0.0512. The number of non-ortho nitro benzene ring substituents is 1. The lowest BCUT2D eigenvalue weighted by molar-refractivity contribution is -0.384. The molecule has 3 atom stereocenters. The van der Waals surface area contributed by atoms with Crippen molar-refractivity contribution in [2.75, 3.05) is 0 Å². The highest BCUT2D eigenvalue weighted by Crippen LogP contribution is 2.48. The van der Waals surface area contributed by atoms with Gasteiger partial charge in [-0.1, -0.05) is 27.7 Å². The number of β-lactam (4-membered cyclic amide) rings is 1. The van der Waals surface area contributed by atoms with Crippen molar-refractivity contribution in [2.45, 2.75) is 46.4 Å². The minimum atomic E-state index is -0.903. The summed E-state index contributed by atoms with van der Waals surface area (Å²) < 4.78 is 5.35. The average Bonchev–Trinajstić information content (AvgIpc) is 2.89. The Hall–Kier alpha value is -2.74. The Kier molecular flexibility index (Phi) is 4.55. The van der Waals surface area contributed by atoms with E-state index in [0.717, 1.165) is 0 Å². The van der Waals surface area contributed by atoms with Gasteiger partial charge in [-0.05, 0) is 28.7 Å². The van der Waals surface area contributed by atoms with Crippen LogP contribution in [0.25, 0.3) is 0 Å². The van der Waals surface area contributed by atoms with Gasteiger partial charge in [-0.15, -0.1) is 0 Å². The van der Waals surface area contributed by atoms with E-state index in [2.05, 4.69) is 0 Å². The molecule has 144 valence electrons. The van der Waals surface area contributed by atoms with Crippen LogP contribution in [0.15, 0.2) is 35.5 Å². The number of benzene rings is 1. The van der Waals surface area contributed by atoms with E-state index in [4.69, 9.17) is 4.74 Å². The monoisotopic (exact) mass is 374 g/mol. The number of aliphatic hydroxyl groups excluding tert-OH is 1. The molecule has 2 aliphatic heterocycles. The predicted molar refractivity (Wildman–Crippen MR) is 95.2 cm³/mol. The van der Waals surface area contributed by atoms with Gasteiger partial charge in [0.1, 0.15) is 12.3 Å². The summed E-state index contributed by atoms with van der Waals surface area (Å²) in [7, 11) is 0. The molecule has 2 heterocycles. The van der Waals surface area contributed by atoms with Gasteiger partial charge in [-0.2, -0.15) is 0 Å². The third-order valence-corrected chi connectivity index (χ3v) is 5.07. The van der Waals surface area contributed by atoms with E-state index in [1.165, 1.54) is 29.2 Å². The van der Waals surface area contributed by atoms with Crippen LogP contribution in [0.3, 0.4) is 0 Å². The molecule has 1 amide bonds. The van der Waals surface area contributed by atoms with Gasteiger partial charge in [0.05, 0.1) is 23.0 Å². The Balaban J connectivity index is 1.82. The molecule has 8 nitrogen and oxygen atoms in total. The number of nitro groups is 1. The van der Waals surface area contributed by atoms with Crippen LogP contribution in [0.5, 0.6) is 0 Å². The molecule has 2 aliphatic rings. The summed E-state index contributed by atoms with van der Waals surface area (Å²) >= 11 is 0. The number of hydrogen-bond donors (Lipinski definition) is 1. The van der Waals surface area contributed by atoms with E-state index in [1.54, 1.807) is 6.92 Å². The van der Waals surface area contributed by atoms with E-state index in [9.17, 15) is 24.8 Å². The molecular weight excluding hydrogens is 352 g/mol. The highest BCUT2D eigenvalue weighted by molar-refractivity contribution is 6.00. The first kappa shape index (κ1) is 19.0. The molecule has 1 fully saturated rings.